The minimum absolute atomic E-state index is 0.320. The van der Waals surface area contributed by atoms with E-state index in [9.17, 15) is 4.39 Å². The summed E-state index contributed by atoms with van der Waals surface area (Å²) in [6.07, 6.45) is 0.717. The molecule has 112 valence electrons. The molecule has 1 aromatic heterocycles. The third-order valence-electron chi connectivity index (χ3n) is 3.03. The summed E-state index contributed by atoms with van der Waals surface area (Å²) in [7, 11) is 0. The number of halogens is 2. The number of aryl methyl sites for hydroxylation is 1. The van der Waals surface area contributed by atoms with Gasteiger partial charge in [0.25, 0.3) is 0 Å². The van der Waals surface area contributed by atoms with Crippen LogP contribution in [0.2, 0.25) is 0 Å². The maximum absolute atomic E-state index is 13.9. The predicted molar refractivity (Wildman–Crippen MR) is 87.7 cm³/mol. The van der Waals surface area contributed by atoms with E-state index in [1.54, 1.807) is 12.1 Å². The number of hydrogen-bond acceptors (Lipinski definition) is 4. The van der Waals surface area contributed by atoms with E-state index in [4.69, 9.17) is 0 Å². The highest BCUT2D eigenvalue weighted by Crippen LogP contribution is 2.27. The topological polar surface area (TPSA) is 49.8 Å². The maximum Gasteiger partial charge on any atom is 0.146 e. The number of nitrogens with zero attached hydrogens (tertiary/aromatic N) is 2. The van der Waals surface area contributed by atoms with Gasteiger partial charge in [-0.1, -0.05) is 22.9 Å². The molecule has 0 radical (unpaired) electrons. The molecule has 1 aromatic carbocycles. The number of hydrogen-bond donors (Lipinski definition) is 2. The van der Waals surface area contributed by atoms with Crippen molar-refractivity contribution in [3.8, 4) is 0 Å². The molecule has 0 unspecified atom stereocenters. The molecule has 0 saturated heterocycles. The van der Waals surface area contributed by atoms with Crippen molar-refractivity contribution in [3.63, 3.8) is 0 Å². The van der Waals surface area contributed by atoms with Gasteiger partial charge in [0.2, 0.25) is 0 Å². The molecule has 0 bridgehead atoms. The first kappa shape index (κ1) is 15.7. The molecule has 0 atom stereocenters. The average Bonchev–Trinajstić information content (AvgIpc) is 2.47. The second-order valence-electron chi connectivity index (χ2n) is 4.60. The third-order valence-corrected chi connectivity index (χ3v) is 3.53. The number of aromatic nitrogens is 2. The van der Waals surface area contributed by atoms with E-state index >= 15 is 0 Å². The van der Waals surface area contributed by atoms with Gasteiger partial charge in [0, 0.05) is 23.0 Å². The lowest BCUT2D eigenvalue weighted by Gasteiger charge is -2.14. The van der Waals surface area contributed by atoms with Crippen LogP contribution < -0.4 is 10.6 Å². The van der Waals surface area contributed by atoms with Crippen molar-refractivity contribution < 1.29 is 4.39 Å². The van der Waals surface area contributed by atoms with Crippen LogP contribution in [0.4, 0.5) is 21.7 Å². The smallest absolute Gasteiger partial charge is 0.146 e. The molecule has 0 aliphatic heterocycles. The Bertz CT molecular complexity index is 646. The molecular formula is C15H18BrFN4. The van der Waals surface area contributed by atoms with Gasteiger partial charge < -0.3 is 10.6 Å². The van der Waals surface area contributed by atoms with Gasteiger partial charge in [0.05, 0.1) is 5.69 Å². The van der Waals surface area contributed by atoms with E-state index in [2.05, 4.69) is 36.5 Å². The average molecular weight is 353 g/mol. The highest BCUT2D eigenvalue weighted by molar-refractivity contribution is 9.10. The molecule has 0 amide bonds. The Morgan fingerprint density at radius 2 is 1.90 bits per heavy atom. The fourth-order valence-electron chi connectivity index (χ4n) is 1.90. The summed E-state index contributed by atoms with van der Waals surface area (Å²) in [4.78, 5) is 8.91. The summed E-state index contributed by atoms with van der Waals surface area (Å²) >= 11 is 3.34. The molecule has 2 aromatic rings. The van der Waals surface area contributed by atoms with Crippen LogP contribution >= 0.6 is 15.9 Å². The molecule has 0 aliphatic rings. The SMILES string of the molecule is CCNc1nc(CC)nc(Nc2cc(Br)ccc2F)c1C. The minimum atomic E-state index is -0.320. The highest BCUT2D eigenvalue weighted by Gasteiger charge is 2.12. The summed E-state index contributed by atoms with van der Waals surface area (Å²) in [5.74, 6) is 1.80. The predicted octanol–water partition coefficient (Wildman–Crippen LogP) is 4.42. The van der Waals surface area contributed by atoms with Crippen LogP contribution in [0.25, 0.3) is 0 Å². The molecule has 1 heterocycles. The molecule has 21 heavy (non-hydrogen) atoms. The van der Waals surface area contributed by atoms with Crippen LogP contribution in [0.15, 0.2) is 22.7 Å². The Morgan fingerprint density at radius 3 is 2.57 bits per heavy atom. The van der Waals surface area contributed by atoms with Crippen molar-refractivity contribution >= 4 is 33.3 Å². The summed E-state index contributed by atoms with van der Waals surface area (Å²) in [6, 6.07) is 4.76. The van der Waals surface area contributed by atoms with Crippen LogP contribution in [0.5, 0.6) is 0 Å². The molecular weight excluding hydrogens is 335 g/mol. The van der Waals surface area contributed by atoms with Gasteiger partial charge in [-0.25, -0.2) is 14.4 Å². The lowest BCUT2D eigenvalue weighted by Crippen LogP contribution is -2.09. The molecule has 0 saturated carbocycles. The van der Waals surface area contributed by atoms with Crippen LogP contribution in [0, 0.1) is 12.7 Å². The van der Waals surface area contributed by atoms with Gasteiger partial charge in [-0.15, -0.1) is 0 Å². The second kappa shape index (κ2) is 6.85. The van der Waals surface area contributed by atoms with Gasteiger partial charge in [0.15, 0.2) is 0 Å². The monoisotopic (exact) mass is 352 g/mol. The van der Waals surface area contributed by atoms with E-state index in [0.717, 1.165) is 28.2 Å². The lowest BCUT2D eigenvalue weighted by molar-refractivity contribution is 0.631. The maximum atomic E-state index is 13.9. The van der Waals surface area contributed by atoms with Gasteiger partial charge in [0.1, 0.15) is 23.3 Å². The molecule has 4 nitrogen and oxygen atoms in total. The van der Waals surface area contributed by atoms with Crippen molar-refractivity contribution in [2.45, 2.75) is 27.2 Å². The normalized spacial score (nSPS) is 10.5. The summed E-state index contributed by atoms with van der Waals surface area (Å²) in [6.45, 7) is 6.68. The van der Waals surface area contributed by atoms with Crippen LogP contribution in [-0.2, 0) is 6.42 Å². The lowest BCUT2D eigenvalue weighted by atomic mass is 10.2. The molecule has 0 aliphatic carbocycles. The Labute approximate surface area is 132 Å². The molecule has 0 fully saturated rings. The van der Waals surface area contributed by atoms with E-state index in [1.165, 1.54) is 6.07 Å². The standard InChI is InChI=1S/C15H18BrFN4/c1-4-13-20-14(18-5-2)9(3)15(21-13)19-12-8-10(16)6-7-11(12)17/h6-8H,4-5H2,1-3H3,(H2,18,19,20,21). The van der Waals surface area contributed by atoms with Gasteiger partial charge in [-0.2, -0.15) is 0 Å². The van der Waals surface area contributed by atoms with Crippen LogP contribution in [-0.4, -0.2) is 16.5 Å². The van der Waals surface area contributed by atoms with E-state index in [1.807, 2.05) is 20.8 Å². The summed E-state index contributed by atoms with van der Waals surface area (Å²) in [5, 5.41) is 6.27. The quantitative estimate of drug-likeness (QED) is 0.835. The second-order valence-corrected chi connectivity index (χ2v) is 5.51. The van der Waals surface area contributed by atoms with Crippen molar-refractivity contribution in [2.75, 3.05) is 17.2 Å². The Kier molecular flexibility index (Phi) is 5.12. The van der Waals surface area contributed by atoms with Gasteiger partial charge >= 0.3 is 0 Å². The zero-order valence-electron chi connectivity index (χ0n) is 12.3. The van der Waals surface area contributed by atoms with E-state index in [0.29, 0.717) is 17.9 Å². The fraction of sp³-hybridized carbons (Fsp3) is 0.333. The van der Waals surface area contributed by atoms with Crippen molar-refractivity contribution in [3.05, 3.63) is 39.9 Å². The Balaban J connectivity index is 2.43. The summed E-state index contributed by atoms with van der Waals surface area (Å²) < 4.78 is 14.7. The van der Waals surface area contributed by atoms with Crippen molar-refractivity contribution in [2.24, 2.45) is 0 Å². The third kappa shape index (κ3) is 3.69. The first-order valence-electron chi connectivity index (χ1n) is 6.88. The molecule has 0 spiro atoms. The molecule has 2 rings (SSSR count). The fourth-order valence-corrected chi connectivity index (χ4v) is 2.26. The largest absolute Gasteiger partial charge is 0.370 e. The Hall–Kier alpha value is -1.69. The summed E-state index contributed by atoms with van der Waals surface area (Å²) in [5.41, 5.74) is 1.25. The minimum Gasteiger partial charge on any atom is -0.370 e. The van der Waals surface area contributed by atoms with Crippen LogP contribution in [0.3, 0.4) is 0 Å². The van der Waals surface area contributed by atoms with Gasteiger partial charge in [-0.3, -0.25) is 0 Å². The van der Waals surface area contributed by atoms with Crippen LogP contribution in [0.1, 0.15) is 25.2 Å². The van der Waals surface area contributed by atoms with Crippen molar-refractivity contribution in [1.29, 1.82) is 0 Å². The zero-order chi connectivity index (χ0) is 15.4. The first-order chi connectivity index (χ1) is 10.0. The van der Waals surface area contributed by atoms with Gasteiger partial charge in [-0.05, 0) is 32.0 Å². The molecule has 6 heteroatoms. The number of nitrogens with one attached hydrogen (secondary N) is 2. The molecule has 2 N–H and O–H groups in total. The van der Waals surface area contributed by atoms with E-state index in [-0.39, 0.29) is 5.82 Å². The number of benzene rings is 1. The number of rotatable bonds is 5. The Morgan fingerprint density at radius 1 is 1.19 bits per heavy atom. The highest BCUT2D eigenvalue weighted by atomic mass is 79.9. The first-order valence-corrected chi connectivity index (χ1v) is 7.67. The number of anilines is 3. The zero-order valence-corrected chi connectivity index (χ0v) is 13.9. The van der Waals surface area contributed by atoms with Crippen molar-refractivity contribution in [1.82, 2.24) is 9.97 Å². The van der Waals surface area contributed by atoms with E-state index < -0.39 is 0 Å².